The normalized spacial score (nSPS) is 16.0. The molecule has 2 aromatic carbocycles. The highest BCUT2D eigenvalue weighted by Crippen LogP contribution is 2.29. The van der Waals surface area contributed by atoms with Crippen molar-refractivity contribution in [2.45, 2.75) is 13.0 Å². The number of nitrogens with one attached hydrogen (secondary N) is 2. The molecular formula is C21H21BrN2O5. The third kappa shape index (κ3) is 5.08. The summed E-state index contributed by atoms with van der Waals surface area (Å²) in [7, 11) is 1.57. The molecule has 1 heterocycles. The van der Waals surface area contributed by atoms with E-state index >= 15 is 0 Å². The Morgan fingerprint density at radius 3 is 2.34 bits per heavy atom. The molecule has 2 amide bonds. The average Bonchev–Trinajstić information content (AvgIpc) is 2.73. The summed E-state index contributed by atoms with van der Waals surface area (Å²) in [5.41, 5.74) is 1.38. The molecule has 0 saturated carbocycles. The van der Waals surface area contributed by atoms with Crippen LogP contribution in [0.1, 0.15) is 18.5 Å². The Labute approximate surface area is 177 Å². The van der Waals surface area contributed by atoms with Gasteiger partial charge in [-0.2, -0.15) is 0 Å². The second-order valence-corrected chi connectivity index (χ2v) is 7.08. The standard InChI is InChI=1S/C21H21BrN2O5/c1-3-28-20(25)18-17(12-29-16-10-6-14(22)7-11-16)23-21(26)24-19(18)13-4-8-15(27-2)9-5-13/h4-11,19H,3,12H2,1-2H3,(H2,23,24,26)/t19-/m1/s1. The van der Waals surface area contributed by atoms with Gasteiger partial charge in [-0.25, -0.2) is 9.59 Å². The van der Waals surface area contributed by atoms with Crippen LogP contribution in [-0.4, -0.2) is 32.3 Å². The summed E-state index contributed by atoms with van der Waals surface area (Å²) in [5, 5.41) is 5.46. The molecule has 7 nitrogen and oxygen atoms in total. The van der Waals surface area contributed by atoms with Gasteiger partial charge in [-0.15, -0.1) is 0 Å². The van der Waals surface area contributed by atoms with Crippen LogP contribution in [0.5, 0.6) is 11.5 Å². The van der Waals surface area contributed by atoms with E-state index in [9.17, 15) is 9.59 Å². The number of hydrogen-bond donors (Lipinski definition) is 2. The minimum absolute atomic E-state index is 0.00978. The third-order valence-corrected chi connectivity index (χ3v) is 4.82. The zero-order valence-electron chi connectivity index (χ0n) is 16.0. The van der Waals surface area contributed by atoms with Crippen molar-refractivity contribution in [3.8, 4) is 11.5 Å². The molecule has 29 heavy (non-hydrogen) atoms. The Morgan fingerprint density at radius 2 is 1.72 bits per heavy atom. The minimum atomic E-state index is -0.669. The summed E-state index contributed by atoms with van der Waals surface area (Å²) >= 11 is 3.37. The maximum atomic E-state index is 12.7. The van der Waals surface area contributed by atoms with Crippen LogP contribution in [0.2, 0.25) is 0 Å². The molecule has 0 bridgehead atoms. The first-order valence-corrected chi connectivity index (χ1v) is 9.81. The predicted molar refractivity (Wildman–Crippen MR) is 111 cm³/mol. The largest absolute Gasteiger partial charge is 0.497 e. The van der Waals surface area contributed by atoms with Crippen LogP contribution in [0.4, 0.5) is 4.79 Å². The number of urea groups is 1. The number of halogens is 1. The molecule has 1 aliphatic heterocycles. The van der Waals surface area contributed by atoms with E-state index in [0.717, 1.165) is 10.0 Å². The van der Waals surface area contributed by atoms with Gasteiger partial charge in [0.2, 0.25) is 0 Å². The van der Waals surface area contributed by atoms with E-state index in [0.29, 0.717) is 22.8 Å². The Hall–Kier alpha value is -3.00. The first-order valence-electron chi connectivity index (χ1n) is 9.01. The zero-order chi connectivity index (χ0) is 20.8. The summed E-state index contributed by atoms with van der Waals surface area (Å²) in [4.78, 5) is 25.0. The summed E-state index contributed by atoms with van der Waals surface area (Å²) in [6, 6.07) is 13.3. The lowest BCUT2D eigenvalue weighted by Gasteiger charge is -2.29. The van der Waals surface area contributed by atoms with Crippen LogP contribution in [-0.2, 0) is 9.53 Å². The van der Waals surface area contributed by atoms with Gasteiger partial charge in [0.1, 0.15) is 18.1 Å². The summed E-state index contributed by atoms with van der Waals surface area (Å²) in [6.07, 6.45) is 0. The average molecular weight is 461 g/mol. The monoisotopic (exact) mass is 460 g/mol. The highest BCUT2D eigenvalue weighted by Gasteiger charge is 2.34. The molecule has 0 fully saturated rings. The van der Waals surface area contributed by atoms with Gasteiger partial charge in [0.25, 0.3) is 0 Å². The van der Waals surface area contributed by atoms with Crippen molar-refractivity contribution in [3.05, 3.63) is 69.8 Å². The van der Waals surface area contributed by atoms with E-state index in [1.165, 1.54) is 0 Å². The van der Waals surface area contributed by atoms with Crippen LogP contribution >= 0.6 is 15.9 Å². The highest BCUT2D eigenvalue weighted by molar-refractivity contribution is 9.10. The molecule has 8 heteroatoms. The quantitative estimate of drug-likeness (QED) is 0.615. The van der Waals surface area contributed by atoms with Crippen molar-refractivity contribution in [1.29, 1.82) is 0 Å². The van der Waals surface area contributed by atoms with Gasteiger partial charge in [-0.1, -0.05) is 28.1 Å². The Kier molecular flexibility index (Phi) is 6.77. The van der Waals surface area contributed by atoms with Crippen LogP contribution < -0.4 is 20.1 Å². The van der Waals surface area contributed by atoms with Crippen molar-refractivity contribution < 1.29 is 23.8 Å². The zero-order valence-corrected chi connectivity index (χ0v) is 17.6. The van der Waals surface area contributed by atoms with Gasteiger partial charge in [-0.05, 0) is 48.9 Å². The number of carbonyl (C=O) groups is 2. The molecule has 3 rings (SSSR count). The molecule has 0 saturated heterocycles. The minimum Gasteiger partial charge on any atom is -0.497 e. The molecule has 0 unspecified atom stereocenters. The fraction of sp³-hybridized carbons (Fsp3) is 0.238. The number of amides is 2. The predicted octanol–water partition coefficient (Wildman–Crippen LogP) is 3.71. The van der Waals surface area contributed by atoms with Gasteiger partial charge in [-0.3, -0.25) is 0 Å². The van der Waals surface area contributed by atoms with Gasteiger partial charge < -0.3 is 24.8 Å². The van der Waals surface area contributed by atoms with Crippen molar-refractivity contribution in [3.63, 3.8) is 0 Å². The maximum absolute atomic E-state index is 12.7. The van der Waals surface area contributed by atoms with Crippen LogP contribution in [0.15, 0.2) is 64.3 Å². The summed E-state index contributed by atoms with van der Waals surface area (Å²) in [5.74, 6) is 0.766. The number of esters is 1. The lowest BCUT2D eigenvalue weighted by molar-refractivity contribution is -0.139. The van der Waals surface area contributed by atoms with Crippen LogP contribution in [0, 0.1) is 0 Å². The van der Waals surface area contributed by atoms with E-state index in [4.69, 9.17) is 14.2 Å². The SMILES string of the molecule is CCOC(=O)C1=C(COc2ccc(Br)cc2)NC(=O)N[C@@H]1c1ccc(OC)cc1. The fourth-order valence-corrected chi connectivity index (χ4v) is 3.18. The molecule has 1 aliphatic rings. The number of methoxy groups -OCH3 is 1. The Bertz CT molecular complexity index is 910. The van der Waals surface area contributed by atoms with Crippen molar-refractivity contribution in [1.82, 2.24) is 10.6 Å². The second-order valence-electron chi connectivity index (χ2n) is 6.16. The van der Waals surface area contributed by atoms with Gasteiger partial charge >= 0.3 is 12.0 Å². The molecule has 2 N–H and O–H groups in total. The fourth-order valence-electron chi connectivity index (χ4n) is 2.91. The smallest absolute Gasteiger partial charge is 0.338 e. The van der Waals surface area contributed by atoms with Crippen molar-refractivity contribution >= 4 is 27.9 Å². The van der Waals surface area contributed by atoms with E-state index in [-0.39, 0.29) is 13.2 Å². The third-order valence-electron chi connectivity index (χ3n) is 4.29. The lowest BCUT2D eigenvalue weighted by Crippen LogP contribution is -2.47. The molecule has 0 aromatic heterocycles. The molecule has 0 radical (unpaired) electrons. The number of hydrogen-bond acceptors (Lipinski definition) is 5. The van der Waals surface area contributed by atoms with Gasteiger partial charge in [0.15, 0.2) is 0 Å². The topological polar surface area (TPSA) is 85.9 Å². The van der Waals surface area contributed by atoms with Crippen LogP contribution in [0.25, 0.3) is 0 Å². The molecular weight excluding hydrogens is 440 g/mol. The van der Waals surface area contributed by atoms with Gasteiger partial charge in [0.05, 0.1) is 31.0 Å². The first kappa shape index (κ1) is 20.7. The number of benzene rings is 2. The number of ether oxygens (including phenoxy) is 3. The number of rotatable bonds is 7. The highest BCUT2D eigenvalue weighted by atomic mass is 79.9. The van der Waals surface area contributed by atoms with E-state index < -0.39 is 18.0 Å². The molecule has 0 spiro atoms. The van der Waals surface area contributed by atoms with Crippen molar-refractivity contribution in [2.75, 3.05) is 20.3 Å². The van der Waals surface area contributed by atoms with Crippen molar-refractivity contribution in [2.24, 2.45) is 0 Å². The first-order chi connectivity index (χ1) is 14.0. The van der Waals surface area contributed by atoms with Gasteiger partial charge in [0, 0.05) is 4.47 Å². The van der Waals surface area contributed by atoms with E-state index in [1.54, 1.807) is 50.4 Å². The summed E-state index contributed by atoms with van der Waals surface area (Å²) in [6.45, 7) is 1.95. The number of carbonyl (C=O) groups excluding carboxylic acids is 2. The lowest BCUT2D eigenvalue weighted by atomic mass is 9.95. The Morgan fingerprint density at radius 1 is 1.07 bits per heavy atom. The molecule has 2 aromatic rings. The summed E-state index contributed by atoms with van der Waals surface area (Å²) < 4.78 is 17.1. The molecule has 152 valence electrons. The second kappa shape index (κ2) is 9.47. The molecule has 0 aliphatic carbocycles. The Balaban J connectivity index is 1.94. The molecule has 1 atom stereocenters. The van der Waals surface area contributed by atoms with E-state index in [2.05, 4.69) is 26.6 Å². The maximum Gasteiger partial charge on any atom is 0.338 e. The van der Waals surface area contributed by atoms with E-state index in [1.807, 2.05) is 12.1 Å². The van der Waals surface area contributed by atoms with Crippen LogP contribution in [0.3, 0.4) is 0 Å².